The van der Waals surface area contributed by atoms with E-state index in [0.29, 0.717) is 0 Å². The van der Waals surface area contributed by atoms with Crippen LogP contribution in [0.15, 0.2) is 36.4 Å². The molecule has 2 aromatic carbocycles. The lowest BCUT2D eigenvalue weighted by atomic mass is 10.1. The van der Waals surface area contributed by atoms with Gasteiger partial charge in [-0.05, 0) is 105 Å². The molecule has 6 nitrogen and oxygen atoms in total. The second kappa shape index (κ2) is 13.4. The molecule has 0 aliphatic carbocycles. The zero-order valence-corrected chi connectivity index (χ0v) is 27.3. The highest BCUT2D eigenvalue weighted by Gasteiger charge is 2.38. The number of hydrogen-bond acceptors (Lipinski definition) is 4. The molecule has 0 unspecified atom stereocenters. The molecule has 4 heterocycles. The first kappa shape index (κ1) is 29.5. The average Bonchev–Trinajstić information content (AvgIpc) is 3.03. The fourth-order valence-corrected chi connectivity index (χ4v) is 14.3. The Balaban J connectivity index is 1.29. The maximum atomic E-state index is 7.03. The molecule has 0 N–H and O–H groups in total. The van der Waals surface area contributed by atoms with Crippen LogP contribution in [0, 0.1) is 0 Å². The average molecular weight is 621 g/mol. The number of benzene rings is 2. The molecule has 2 aromatic rings. The summed E-state index contributed by atoms with van der Waals surface area (Å²) in [6.45, 7) is 3.77. The fraction of sp³-hybridized carbons (Fsp3) is 0.667. The van der Waals surface area contributed by atoms with E-state index >= 15 is 0 Å². The summed E-state index contributed by atoms with van der Waals surface area (Å²) in [5.74, 6) is 1.80. The summed E-state index contributed by atoms with van der Waals surface area (Å²) in [5.41, 5.74) is 0. The van der Waals surface area contributed by atoms with Gasteiger partial charge in [0.1, 0.15) is 11.5 Å². The largest absolute Gasteiger partial charge is 0.441 e. The quantitative estimate of drug-likeness (QED) is 0.275. The smallest absolute Gasteiger partial charge is 0.253 e. The van der Waals surface area contributed by atoms with E-state index in [4.69, 9.17) is 32.7 Å². The molecule has 220 valence electrons. The molecule has 4 fully saturated rings. The Bertz CT molecular complexity index is 1200. The summed E-state index contributed by atoms with van der Waals surface area (Å²) in [6, 6.07) is 12.9. The molecule has 10 heteroatoms. The standard InChI is InChI=1S/C30H46N4O2P2S2/c39-37(31-18-5-1-6-19-31,32-20-7-2-8-21-32)35-28-16-17-29-27(26-28)14-13-15-30(29)36-38(40,33-22-9-3-10-23-33)34-24-11-4-12-25-34/h13-17,26H,1-12,18-25H2. The van der Waals surface area contributed by atoms with Gasteiger partial charge in [0, 0.05) is 57.7 Å². The van der Waals surface area contributed by atoms with E-state index in [2.05, 4.69) is 55.1 Å². The number of nitrogens with zero attached hydrogens (tertiary/aromatic N) is 4. The van der Waals surface area contributed by atoms with Gasteiger partial charge >= 0.3 is 0 Å². The van der Waals surface area contributed by atoms with Crippen LogP contribution < -0.4 is 9.05 Å². The summed E-state index contributed by atoms with van der Waals surface area (Å²) in [6.07, 6.45) is 14.9. The first-order valence-electron chi connectivity index (χ1n) is 15.7. The van der Waals surface area contributed by atoms with Crippen LogP contribution in [0.25, 0.3) is 10.8 Å². The van der Waals surface area contributed by atoms with Crippen molar-refractivity contribution in [3.8, 4) is 11.5 Å². The van der Waals surface area contributed by atoms with Gasteiger partial charge in [0.15, 0.2) is 0 Å². The van der Waals surface area contributed by atoms with E-state index in [9.17, 15) is 0 Å². The predicted molar refractivity (Wildman–Crippen MR) is 175 cm³/mol. The lowest BCUT2D eigenvalue weighted by molar-refractivity contribution is 0.274. The van der Waals surface area contributed by atoms with E-state index < -0.39 is 13.1 Å². The zero-order chi connectivity index (χ0) is 27.4. The molecule has 0 aromatic heterocycles. The summed E-state index contributed by atoms with van der Waals surface area (Å²) in [7, 11) is 0. The minimum atomic E-state index is -2.33. The molecule has 4 saturated heterocycles. The fourth-order valence-electron chi connectivity index (χ4n) is 6.74. The maximum Gasteiger partial charge on any atom is 0.253 e. The van der Waals surface area contributed by atoms with Crippen molar-refractivity contribution in [2.75, 3.05) is 52.4 Å². The van der Waals surface area contributed by atoms with Crippen LogP contribution in [0.3, 0.4) is 0 Å². The van der Waals surface area contributed by atoms with E-state index in [1.807, 2.05) is 0 Å². The van der Waals surface area contributed by atoms with Crippen molar-refractivity contribution in [3.63, 3.8) is 0 Å². The third kappa shape index (κ3) is 6.36. The minimum absolute atomic E-state index is 0.885. The van der Waals surface area contributed by atoms with Crippen molar-refractivity contribution in [2.45, 2.75) is 77.0 Å². The summed E-state index contributed by atoms with van der Waals surface area (Å²) < 4.78 is 24.0. The molecule has 0 atom stereocenters. The van der Waals surface area contributed by atoms with Gasteiger partial charge in [0.05, 0.1) is 0 Å². The Hall–Kier alpha value is -0.560. The molecular weight excluding hydrogens is 574 g/mol. The van der Waals surface area contributed by atoms with E-state index in [0.717, 1.165) is 74.6 Å². The topological polar surface area (TPSA) is 31.4 Å². The molecule has 0 bridgehead atoms. The molecule has 4 aliphatic heterocycles. The molecule has 0 amide bonds. The van der Waals surface area contributed by atoms with Crippen LogP contribution in [-0.4, -0.2) is 71.0 Å². The molecule has 40 heavy (non-hydrogen) atoms. The van der Waals surface area contributed by atoms with Gasteiger partial charge in [-0.1, -0.05) is 37.8 Å². The lowest BCUT2D eigenvalue weighted by Crippen LogP contribution is -2.39. The van der Waals surface area contributed by atoms with E-state index in [1.165, 1.54) is 77.0 Å². The predicted octanol–water partition coefficient (Wildman–Crippen LogP) is 7.99. The highest BCUT2D eigenvalue weighted by atomic mass is 32.5. The van der Waals surface area contributed by atoms with Crippen molar-refractivity contribution in [1.29, 1.82) is 0 Å². The van der Waals surface area contributed by atoms with Gasteiger partial charge < -0.3 is 9.05 Å². The number of hydrogen-bond donors (Lipinski definition) is 0. The highest BCUT2D eigenvalue weighted by molar-refractivity contribution is 8.10. The van der Waals surface area contributed by atoms with E-state index in [1.54, 1.807) is 0 Å². The summed E-state index contributed by atoms with van der Waals surface area (Å²) in [4.78, 5) is 0. The molecule has 0 spiro atoms. The van der Waals surface area contributed by atoms with Crippen molar-refractivity contribution < 1.29 is 9.05 Å². The highest BCUT2D eigenvalue weighted by Crippen LogP contribution is 2.58. The summed E-state index contributed by atoms with van der Waals surface area (Å²) >= 11 is 13.0. The van der Waals surface area contributed by atoms with Crippen molar-refractivity contribution in [3.05, 3.63) is 36.4 Å². The lowest BCUT2D eigenvalue weighted by Gasteiger charge is -2.44. The molecule has 0 saturated carbocycles. The Labute approximate surface area is 251 Å². The van der Waals surface area contributed by atoms with Gasteiger partial charge in [0.25, 0.3) is 13.1 Å². The van der Waals surface area contributed by atoms with Gasteiger partial charge in [-0.25, -0.2) is 18.7 Å². The van der Waals surface area contributed by atoms with Crippen molar-refractivity contribution in [1.82, 2.24) is 18.7 Å². The number of piperidine rings is 4. The van der Waals surface area contributed by atoms with Crippen LogP contribution in [0.4, 0.5) is 0 Å². The molecule has 6 rings (SSSR count). The Morgan fingerprint density at radius 3 is 1.38 bits per heavy atom. The van der Waals surface area contributed by atoms with Crippen molar-refractivity contribution >= 4 is 47.5 Å². The molecule has 4 aliphatic rings. The van der Waals surface area contributed by atoms with Gasteiger partial charge in [-0.3, -0.25) is 0 Å². The minimum Gasteiger partial charge on any atom is -0.441 e. The first-order valence-corrected chi connectivity index (χ1v) is 21.0. The van der Waals surface area contributed by atoms with Crippen molar-refractivity contribution in [2.24, 2.45) is 0 Å². The van der Waals surface area contributed by atoms with Gasteiger partial charge in [-0.2, -0.15) is 0 Å². The first-order chi connectivity index (χ1) is 19.6. The normalized spacial score (nSPS) is 23.3. The van der Waals surface area contributed by atoms with Crippen LogP contribution in [0.1, 0.15) is 77.0 Å². The Morgan fingerprint density at radius 2 is 0.925 bits per heavy atom. The van der Waals surface area contributed by atoms with Crippen LogP contribution >= 0.6 is 13.1 Å². The SMILES string of the molecule is S=P(Oc1ccc2c(OP(=S)(N3CCCCC3)N3CCCCC3)cccc2c1)(N1CCCCC1)N1CCCCC1. The Morgan fingerprint density at radius 1 is 0.500 bits per heavy atom. The number of fused-ring (bicyclic) bond motifs is 1. The Kier molecular flexibility index (Phi) is 9.88. The molecule has 0 radical (unpaired) electrons. The maximum absolute atomic E-state index is 7.03. The summed E-state index contributed by atoms with van der Waals surface area (Å²) in [5, 5.41) is 2.25. The monoisotopic (exact) mass is 620 g/mol. The zero-order valence-electron chi connectivity index (χ0n) is 23.9. The van der Waals surface area contributed by atoms with Crippen LogP contribution in [0.2, 0.25) is 0 Å². The van der Waals surface area contributed by atoms with Gasteiger partial charge in [-0.15, -0.1) is 0 Å². The second-order valence-electron chi connectivity index (χ2n) is 11.9. The third-order valence-corrected chi connectivity index (χ3v) is 17.6. The van der Waals surface area contributed by atoms with E-state index in [-0.39, 0.29) is 0 Å². The van der Waals surface area contributed by atoms with Gasteiger partial charge in [0.2, 0.25) is 0 Å². The molecular formula is C30H46N4O2P2S2. The van der Waals surface area contributed by atoms with Crippen LogP contribution in [0.5, 0.6) is 11.5 Å². The second-order valence-corrected chi connectivity index (χ2v) is 19.3. The number of rotatable bonds is 8. The van der Waals surface area contributed by atoms with Crippen LogP contribution in [-0.2, 0) is 23.6 Å². The third-order valence-electron chi connectivity index (χ3n) is 9.01.